The first kappa shape index (κ1) is 26.4. The maximum absolute atomic E-state index is 14.6. The Bertz CT molecular complexity index is 1100. The maximum Gasteiger partial charge on any atom is 0.374 e. The quantitative estimate of drug-likeness (QED) is 0.264. The number of esters is 1. The second-order valence-electron chi connectivity index (χ2n) is 7.23. The molecule has 34 heavy (non-hydrogen) atoms. The summed E-state index contributed by atoms with van der Waals surface area (Å²) in [5.41, 5.74) is -1.01. The standard InChI is InChI=1S/C19H21F2NO10P2/c1-2-4-16(23)30-11-29-13-7-14(20)17(15(21)8-13)18-31-33(25,26)19(24,34(27,28)32-18)9-12-5-3-6-22-10-12/h3,5-8,10,18,24H,2,4,9,11H2,1H3,(H,25,26)(H,27,28). The highest BCUT2D eigenvalue weighted by atomic mass is 31.2. The number of pyridine rings is 1. The summed E-state index contributed by atoms with van der Waals surface area (Å²) in [7, 11) is -10.9. The molecule has 0 aliphatic carbocycles. The Labute approximate surface area is 192 Å². The van der Waals surface area contributed by atoms with Gasteiger partial charge in [0.25, 0.3) is 5.08 Å². The van der Waals surface area contributed by atoms with Crippen LogP contribution in [0, 0.1) is 11.6 Å². The molecule has 11 nitrogen and oxygen atoms in total. The van der Waals surface area contributed by atoms with Gasteiger partial charge in [0.15, 0.2) is 0 Å². The molecule has 2 atom stereocenters. The van der Waals surface area contributed by atoms with Gasteiger partial charge in [-0.05, 0) is 18.1 Å². The lowest BCUT2D eigenvalue weighted by atomic mass is 10.2. The molecule has 0 saturated carbocycles. The molecule has 1 saturated heterocycles. The lowest BCUT2D eigenvalue weighted by molar-refractivity contribution is -0.150. The van der Waals surface area contributed by atoms with Crippen molar-refractivity contribution < 1.29 is 56.1 Å². The van der Waals surface area contributed by atoms with Crippen LogP contribution in [0.25, 0.3) is 0 Å². The molecule has 2 aromatic rings. The minimum Gasteiger partial charge on any atom is -0.457 e. The number of carbonyl (C=O) groups is 1. The van der Waals surface area contributed by atoms with Gasteiger partial charge in [-0.3, -0.25) is 28.0 Å². The molecule has 186 valence electrons. The molecule has 0 spiro atoms. The minimum atomic E-state index is -5.44. The van der Waals surface area contributed by atoms with Crippen LogP contribution in [0.5, 0.6) is 5.75 Å². The topological polar surface area (TPSA) is 162 Å². The van der Waals surface area contributed by atoms with Gasteiger partial charge in [0.2, 0.25) is 13.1 Å². The smallest absolute Gasteiger partial charge is 0.374 e. The zero-order chi connectivity index (χ0) is 25.1. The molecule has 2 unspecified atom stereocenters. The van der Waals surface area contributed by atoms with Crippen molar-refractivity contribution in [3.8, 4) is 5.75 Å². The lowest BCUT2D eigenvalue weighted by Gasteiger charge is -2.41. The number of hydrogen-bond acceptors (Lipinski definition) is 9. The van der Waals surface area contributed by atoms with Crippen LogP contribution in [-0.4, -0.2) is 37.7 Å². The summed E-state index contributed by atoms with van der Waals surface area (Å²) in [6, 6.07) is 4.02. The van der Waals surface area contributed by atoms with E-state index in [4.69, 9.17) is 18.5 Å². The molecule has 1 fully saturated rings. The molecule has 0 radical (unpaired) electrons. The molecular weight excluding hydrogens is 502 g/mol. The van der Waals surface area contributed by atoms with Gasteiger partial charge in [0, 0.05) is 37.4 Å². The van der Waals surface area contributed by atoms with Crippen LogP contribution >= 0.6 is 15.2 Å². The summed E-state index contributed by atoms with van der Waals surface area (Å²) in [5.74, 6) is -3.83. The number of carbonyl (C=O) groups excluding carboxylic acids is 1. The van der Waals surface area contributed by atoms with E-state index < -0.39 is 68.7 Å². The molecule has 15 heteroatoms. The Balaban J connectivity index is 1.83. The average molecular weight is 523 g/mol. The minimum absolute atomic E-state index is 0.0951. The Morgan fingerprint density at radius 3 is 2.35 bits per heavy atom. The van der Waals surface area contributed by atoms with Gasteiger partial charge in [-0.25, -0.2) is 8.78 Å². The number of benzene rings is 1. The molecule has 2 heterocycles. The van der Waals surface area contributed by atoms with Gasteiger partial charge in [0.1, 0.15) is 17.4 Å². The van der Waals surface area contributed by atoms with E-state index in [1.807, 2.05) is 0 Å². The van der Waals surface area contributed by atoms with Gasteiger partial charge in [0.05, 0.1) is 5.56 Å². The predicted molar refractivity (Wildman–Crippen MR) is 110 cm³/mol. The van der Waals surface area contributed by atoms with Crippen LogP contribution in [0.2, 0.25) is 0 Å². The first-order chi connectivity index (χ1) is 15.9. The number of nitrogens with zero attached hydrogens (tertiary/aromatic N) is 1. The van der Waals surface area contributed by atoms with Crippen LogP contribution in [-0.2, 0) is 34.1 Å². The molecule has 3 N–H and O–H groups in total. The number of rotatable bonds is 8. The Morgan fingerprint density at radius 1 is 1.21 bits per heavy atom. The zero-order valence-corrected chi connectivity index (χ0v) is 19.5. The molecule has 1 aliphatic heterocycles. The second kappa shape index (κ2) is 10.2. The van der Waals surface area contributed by atoms with E-state index in [1.54, 1.807) is 6.92 Å². The van der Waals surface area contributed by atoms with E-state index in [0.29, 0.717) is 18.6 Å². The van der Waals surface area contributed by atoms with E-state index in [0.717, 1.165) is 0 Å². The van der Waals surface area contributed by atoms with Crippen molar-refractivity contribution in [3.05, 3.63) is 59.4 Å². The number of halogens is 2. The van der Waals surface area contributed by atoms with E-state index >= 15 is 0 Å². The average Bonchev–Trinajstić information content (AvgIpc) is 2.72. The van der Waals surface area contributed by atoms with Crippen LogP contribution in [0.1, 0.15) is 37.2 Å². The number of aliphatic hydroxyl groups is 1. The van der Waals surface area contributed by atoms with Crippen molar-refractivity contribution in [3.63, 3.8) is 0 Å². The summed E-state index contributed by atoms with van der Waals surface area (Å²) < 4.78 is 73.9. The first-order valence-corrected chi connectivity index (χ1v) is 13.0. The summed E-state index contributed by atoms with van der Waals surface area (Å²) >= 11 is 0. The number of ether oxygens (including phenoxy) is 2. The van der Waals surface area contributed by atoms with Crippen LogP contribution < -0.4 is 4.74 Å². The first-order valence-electron chi connectivity index (χ1n) is 9.81. The van der Waals surface area contributed by atoms with Gasteiger partial charge in [-0.1, -0.05) is 13.0 Å². The Hall–Kier alpha value is -2.24. The largest absolute Gasteiger partial charge is 0.457 e. The molecule has 1 aromatic carbocycles. The monoisotopic (exact) mass is 523 g/mol. The van der Waals surface area contributed by atoms with E-state index in [-0.39, 0.29) is 12.0 Å². The SMILES string of the molecule is CCCC(=O)OCOc1cc(F)c(C2OP(=O)(O)C(O)(Cc3cccnc3)P(=O)(O)O2)c(F)c1. The summed E-state index contributed by atoms with van der Waals surface area (Å²) in [6.07, 6.45) is -0.138. The summed E-state index contributed by atoms with van der Waals surface area (Å²) in [4.78, 5) is 35.7. The fourth-order valence-corrected chi connectivity index (χ4v) is 6.54. The van der Waals surface area contributed by atoms with Crippen LogP contribution in [0.15, 0.2) is 36.7 Å². The fourth-order valence-electron chi connectivity index (χ4n) is 3.00. The number of aromatic nitrogens is 1. The molecule has 1 aromatic heterocycles. The van der Waals surface area contributed by atoms with E-state index in [9.17, 15) is 37.6 Å². The van der Waals surface area contributed by atoms with Crippen LogP contribution in [0.3, 0.4) is 0 Å². The molecule has 1 aliphatic rings. The van der Waals surface area contributed by atoms with Gasteiger partial charge < -0.3 is 24.4 Å². The van der Waals surface area contributed by atoms with Crippen LogP contribution in [0.4, 0.5) is 8.78 Å². The van der Waals surface area contributed by atoms with Gasteiger partial charge in [-0.15, -0.1) is 0 Å². The van der Waals surface area contributed by atoms with Crippen molar-refractivity contribution in [1.29, 1.82) is 0 Å². The third-order valence-corrected chi connectivity index (χ3v) is 9.33. The van der Waals surface area contributed by atoms with Gasteiger partial charge >= 0.3 is 21.2 Å². The van der Waals surface area contributed by atoms with Crippen molar-refractivity contribution >= 4 is 21.2 Å². The highest BCUT2D eigenvalue weighted by Crippen LogP contribution is 2.79. The van der Waals surface area contributed by atoms with E-state index in [1.165, 1.54) is 24.5 Å². The van der Waals surface area contributed by atoms with Gasteiger partial charge in [-0.2, -0.15) is 0 Å². The van der Waals surface area contributed by atoms with Crippen molar-refractivity contribution in [1.82, 2.24) is 4.98 Å². The lowest BCUT2D eigenvalue weighted by Crippen LogP contribution is -2.38. The zero-order valence-electron chi connectivity index (χ0n) is 17.7. The second-order valence-corrected chi connectivity index (χ2v) is 11.6. The van der Waals surface area contributed by atoms with Crippen molar-refractivity contribution in [2.24, 2.45) is 0 Å². The molecule has 3 rings (SSSR count). The summed E-state index contributed by atoms with van der Waals surface area (Å²) in [6.45, 7) is 1.11. The summed E-state index contributed by atoms with van der Waals surface area (Å²) in [5, 5.41) is 7.33. The number of hydrogen-bond donors (Lipinski definition) is 3. The normalized spacial score (nSPS) is 28.9. The third-order valence-electron chi connectivity index (χ3n) is 4.73. The van der Waals surface area contributed by atoms with Crippen molar-refractivity contribution in [2.75, 3.05) is 6.79 Å². The molecule has 0 bridgehead atoms. The third kappa shape index (κ3) is 5.36. The maximum atomic E-state index is 14.6. The highest BCUT2D eigenvalue weighted by Gasteiger charge is 2.67. The molecule has 0 amide bonds. The molecular formula is C19H21F2NO10P2. The Kier molecular flexibility index (Phi) is 7.89. The fraction of sp³-hybridized carbons (Fsp3) is 0.368. The predicted octanol–water partition coefficient (Wildman–Crippen LogP) is 3.34. The van der Waals surface area contributed by atoms with E-state index in [2.05, 4.69) is 4.98 Å². The highest BCUT2D eigenvalue weighted by molar-refractivity contribution is 7.73. The Morgan fingerprint density at radius 2 is 1.82 bits per heavy atom. The van der Waals surface area contributed by atoms with Crippen molar-refractivity contribution in [2.45, 2.75) is 37.6 Å².